The van der Waals surface area contributed by atoms with Gasteiger partial charge in [-0.3, -0.25) is 9.10 Å². The van der Waals surface area contributed by atoms with Crippen LogP contribution in [-0.4, -0.2) is 27.1 Å². The Morgan fingerprint density at radius 2 is 1.56 bits per heavy atom. The number of nitrogens with one attached hydrogen (secondary N) is 1. The number of sulfonamides is 1. The molecular weight excluding hydrogens is 338 g/mol. The summed E-state index contributed by atoms with van der Waals surface area (Å²) in [6.45, 7) is 5.44. The molecule has 2 aromatic carbocycles. The molecule has 0 aliphatic rings. The lowest BCUT2D eigenvalue weighted by Crippen LogP contribution is -2.26. The van der Waals surface area contributed by atoms with Crippen molar-refractivity contribution in [1.82, 2.24) is 5.43 Å². The van der Waals surface area contributed by atoms with E-state index in [0.29, 0.717) is 11.3 Å². The molecule has 1 N–H and O–H groups in total. The summed E-state index contributed by atoms with van der Waals surface area (Å²) in [5.41, 5.74) is 5.01. The normalized spacial score (nSPS) is 10.9. The smallest absolute Gasteiger partial charge is 0.269 e. The number of carbonyl (C=O) groups is 1. The first-order chi connectivity index (χ1) is 11.7. The van der Waals surface area contributed by atoms with Gasteiger partial charge in [0.25, 0.3) is 15.9 Å². The summed E-state index contributed by atoms with van der Waals surface area (Å²) in [7, 11) is -2.17. The number of rotatable bonds is 5. The summed E-state index contributed by atoms with van der Waals surface area (Å²) in [5.74, 6) is -0.350. The fraction of sp³-hybridized carbons (Fsp3) is 0.222. The first kappa shape index (κ1) is 18.7. The molecule has 0 saturated heterocycles. The van der Waals surface area contributed by atoms with Gasteiger partial charge >= 0.3 is 0 Å². The van der Waals surface area contributed by atoms with Gasteiger partial charge in [0.15, 0.2) is 0 Å². The highest BCUT2D eigenvalue weighted by Gasteiger charge is 2.21. The van der Waals surface area contributed by atoms with Crippen LogP contribution in [0, 0.1) is 6.92 Å². The average Bonchev–Trinajstić information content (AvgIpc) is 2.59. The summed E-state index contributed by atoms with van der Waals surface area (Å²) in [6.07, 6.45) is 0. The Kier molecular flexibility index (Phi) is 5.58. The number of hydrogen-bond acceptors (Lipinski definition) is 4. The van der Waals surface area contributed by atoms with Crippen molar-refractivity contribution in [3.8, 4) is 0 Å². The minimum Gasteiger partial charge on any atom is -0.269 e. The van der Waals surface area contributed by atoms with Crippen LogP contribution >= 0.6 is 0 Å². The first-order valence-corrected chi connectivity index (χ1v) is 9.12. The average molecular weight is 359 g/mol. The number of carbonyl (C=O) groups excluding carboxylic acids is 1. The summed E-state index contributed by atoms with van der Waals surface area (Å²) in [6, 6.07) is 13.0. The van der Waals surface area contributed by atoms with E-state index in [0.717, 1.165) is 11.3 Å². The lowest BCUT2D eigenvalue weighted by molar-refractivity contribution is 0.0954. The standard InChI is InChI=1S/C18H21N3O3S/c1-13(2)19-20-18(22)15-7-9-16(10-8-15)21(4)25(23,24)17-11-5-14(3)6-12-17/h5-12H,1-4H3,(H,20,22). The van der Waals surface area contributed by atoms with Gasteiger partial charge in [-0.1, -0.05) is 17.7 Å². The Balaban J connectivity index is 2.22. The third-order valence-corrected chi connectivity index (χ3v) is 5.35. The van der Waals surface area contributed by atoms with E-state index in [4.69, 9.17) is 0 Å². The zero-order chi connectivity index (χ0) is 18.6. The van der Waals surface area contributed by atoms with Crippen molar-refractivity contribution in [2.24, 2.45) is 5.10 Å². The quantitative estimate of drug-likeness (QED) is 0.658. The zero-order valence-electron chi connectivity index (χ0n) is 14.6. The third kappa shape index (κ3) is 4.45. The number of anilines is 1. The molecule has 0 atom stereocenters. The van der Waals surface area contributed by atoms with Crippen molar-refractivity contribution in [1.29, 1.82) is 0 Å². The van der Waals surface area contributed by atoms with Crippen molar-refractivity contribution < 1.29 is 13.2 Å². The topological polar surface area (TPSA) is 78.8 Å². The molecule has 2 rings (SSSR count). The highest BCUT2D eigenvalue weighted by atomic mass is 32.2. The predicted octanol–water partition coefficient (Wildman–Crippen LogP) is 2.95. The van der Waals surface area contributed by atoms with E-state index in [2.05, 4.69) is 10.5 Å². The molecule has 132 valence electrons. The van der Waals surface area contributed by atoms with Gasteiger partial charge in [0.05, 0.1) is 10.6 Å². The first-order valence-electron chi connectivity index (χ1n) is 7.68. The number of amides is 1. The summed E-state index contributed by atoms with van der Waals surface area (Å²) in [5, 5.41) is 3.86. The van der Waals surface area contributed by atoms with E-state index >= 15 is 0 Å². The van der Waals surface area contributed by atoms with Gasteiger partial charge in [-0.25, -0.2) is 13.8 Å². The number of benzene rings is 2. The lowest BCUT2D eigenvalue weighted by Gasteiger charge is -2.19. The highest BCUT2D eigenvalue weighted by Crippen LogP contribution is 2.22. The molecule has 7 heteroatoms. The SMILES string of the molecule is CC(C)=NNC(=O)c1ccc(N(C)S(=O)(=O)c2ccc(C)cc2)cc1. The number of hydrogen-bond donors (Lipinski definition) is 1. The molecule has 0 unspecified atom stereocenters. The number of hydrazone groups is 1. The molecule has 2 aromatic rings. The van der Waals surface area contributed by atoms with Crippen molar-refractivity contribution >= 4 is 27.3 Å². The van der Waals surface area contributed by atoms with Crippen molar-refractivity contribution in [2.45, 2.75) is 25.7 Å². The maximum Gasteiger partial charge on any atom is 0.271 e. The van der Waals surface area contributed by atoms with Crippen LogP contribution in [0.3, 0.4) is 0 Å². The van der Waals surface area contributed by atoms with E-state index in [9.17, 15) is 13.2 Å². The lowest BCUT2D eigenvalue weighted by atomic mass is 10.2. The Morgan fingerprint density at radius 3 is 2.08 bits per heavy atom. The zero-order valence-corrected chi connectivity index (χ0v) is 15.5. The Morgan fingerprint density at radius 1 is 1.00 bits per heavy atom. The van der Waals surface area contributed by atoms with Crippen LogP contribution < -0.4 is 9.73 Å². The molecule has 0 aliphatic carbocycles. The van der Waals surface area contributed by atoms with Crippen LogP contribution in [0.25, 0.3) is 0 Å². The molecule has 1 amide bonds. The van der Waals surface area contributed by atoms with E-state index in [1.165, 1.54) is 11.4 Å². The third-order valence-electron chi connectivity index (χ3n) is 3.55. The minimum atomic E-state index is -3.65. The van der Waals surface area contributed by atoms with Gasteiger partial charge in [0, 0.05) is 18.3 Å². The molecule has 0 radical (unpaired) electrons. The summed E-state index contributed by atoms with van der Waals surface area (Å²) < 4.78 is 26.5. The largest absolute Gasteiger partial charge is 0.271 e. The van der Waals surface area contributed by atoms with Crippen molar-refractivity contribution in [3.05, 3.63) is 59.7 Å². The van der Waals surface area contributed by atoms with E-state index < -0.39 is 10.0 Å². The van der Waals surface area contributed by atoms with Crippen LogP contribution in [0.4, 0.5) is 5.69 Å². The highest BCUT2D eigenvalue weighted by molar-refractivity contribution is 7.92. The molecule has 25 heavy (non-hydrogen) atoms. The molecule has 0 bridgehead atoms. The van der Waals surface area contributed by atoms with Gasteiger partial charge in [-0.2, -0.15) is 5.10 Å². The summed E-state index contributed by atoms with van der Waals surface area (Å²) in [4.78, 5) is 12.1. The number of aryl methyl sites for hydroxylation is 1. The minimum absolute atomic E-state index is 0.218. The molecule has 0 fully saturated rings. The molecule has 0 heterocycles. The Bertz CT molecular complexity index is 882. The van der Waals surface area contributed by atoms with Crippen LogP contribution in [0.15, 0.2) is 58.5 Å². The van der Waals surface area contributed by atoms with Crippen molar-refractivity contribution in [2.75, 3.05) is 11.4 Å². The Labute approximate surface area is 148 Å². The maximum absolute atomic E-state index is 12.7. The van der Waals surface area contributed by atoms with Crippen LogP contribution in [0.1, 0.15) is 29.8 Å². The monoisotopic (exact) mass is 359 g/mol. The molecule has 0 aliphatic heterocycles. The van der Waals surface area contributed by atoms with Gasteiger partial charge in [-0.05, 0) is 57.2 Å². The van der Waals surface area contributed by atoms with Crippen molar-refractivity contribution in [3.63, 3.8) is 0 Å². The molecule has 0 spiro atoms. The van der Waals surface area contributed by atoms with E-state index in [1.54, 1.807) is 62.4 Å². The second-order valence-corrected chi connectivity index (χ2v) is 7.80. The Hall–Kier alpha value is -2.67. The molecule has 0 aromatic heterocycles. The van der Waals surface area contributed by atoms with Gasteiger partial charge < -0.3 is 0 Å². The van der Waals surface area contributed by atoms with E-state index in [1.807, 2.05) is 6.92 Å². The van der Waals surface area contributed by atoms with Crippen LogP contribution in [0.2, 0.25) is 0 Å². The summed E-state index contributed by atoms with van der Waals surface area (Å²) >= 11 is 0. The molecular formula is C18H21N3O3S. The fourth-order valence-electron chi connectivity index (χ4n) is 2.06. The molecule has 0 saturated carbocycles. The second kappa shape index (κ2) is 7.48. The molecule has 6 nitrogen and oxygen atoms in total. The van der Waals surface area contributed by atoms with Gasteiger partial charge in [0.2, 0.25) is 0 Å². The van der Waals surface area contributed by atoms with Crippen LogP contribution in [-0.2, 0) is 10.0 Å². The second-order valence-electron chi connectivity index (χ2n) is 5.83. The van der Waals surface area contributed by atoms with Gasteiger partial charge in [0.1, 0.15) is 0 Å². The van der Waals surface area contributed by atoms with E-state index in [-0.39, 0.29) is 10.8 Å². The number of nitrogens with zero attached hydrogens (tertiary/aromatic N) is 2. The van der Waals surface area contributed by atoms with Crippen LogP contribution in [0.5, 0.6) is 0 Å². The maximum atomic E-state index is 12.7. The van der Waals surface area contributed by atoms with Gasteiger partial charge in [-0.15, -0.1) is 0 Å². The fourth-order valence-corrected chi connectivity index (χ4v) is 3.25. The predicted molar refractivity (Wildman–Crippen MR) is 99.5 cm³/mol.